The van der Waals surface area contributed by atoms with Crippen LogP contribution in [0.4, 0.5) is 10.5 Å². The number of hydrogen-bond donors (Lipinski definition) is 2. The zero-order valence-electron chi connectivity index (χ0n) is 18.6. The van der Waals surface area contributed by atoms with E-state index in [4.69, 9.17) is 5.73 Å². The van der Waals surface area contributed by atoms with Crippen molar-refractivity contribution in [3.05, 3.63) is 29.8 Å². The number of rotatable bonds is 5. The van der Waals surface area contributed by atoms with Gasteiger partial charge in [0.2, 0.25) is 5.91 Å². The van der Waals surface area contributed by atoms with Crippen LogP contribution < -0.4 is 10.6 Å². The van der Waals surface area contributed by atoms with Gasteiger partial charge in [-0.3, -0.25) is 4.79 Å². The number of amides is 2. The number of hydrogen-bond acceptors (Lipinski definition) is 3. The minimum Gasteiger partial charge on any atom is -0.465 e. The Balaban J connectivity index is 1.67. The van der Waals surface area contributed by atoms with Crippen LogP contribution in [0.5, 0.6) is 0 Å². The lowest BCUT2D eigenvalue weighted by Crippen LogP contribution is -2.51. The van der Waals surface area contributed by atoms with Gasteiger partial charge in [0, 0.05) is 37.8 Å². The average molecular weight is 416 g/mol. The molecule has 3 rings (SSSR count). The summed E-state index contributed by atoms with van der Waals surface area (Å²) >= 11 is 0. The maximum Gasteiger partial charge on any atom is 0.407 e. The van der Waals surface area contributed by atoms with E-state index in [-0.39, 0.29) is 11.3 Å². The topological polar surface area (TPSA) is 86.9 Å². The first-order valence-corrected chi connectivity index (χ1v) is 11.3. The van der Waals surface area contributed by atoms with E-state index in [0.29, 0.717) is 43.8 Å². The summed E-state index contributed by atoms with van der Waals surface area (Å²) in [5, 5.41) is 9.22. The van der Waals surface area contributed by atoms with Crippen LogP contribution in [0, 0.1) is 17.3 Å². The number of carboxylic acid groups (broad SMARTS) is 1. The molecular weight excluding hydrogens is 378 g/mol. The largest absolute Gasteiger partial charge is 0.465 e. The zero-order chi connectivity index (χ0) is 21.9. The van der Waals surface area contributed by atoms with Crippen molar-refractivity contribution < 1.29 is 14.7 Å². The van der Waals surface area contributed by atoms with Crippen molar-refractivity contribution in [1.82, 2.24) is 4.90 Å². The van der Waals surface area contributed by atoms with E-state index in [1.54, 1.807) is 4.90 Å². The Labute approximate surface area is 180 Å². The summed E-state index contributed by atoms with van der Waals surface area (Å²) in [6.07, 6.45) is 4.59. The first-order chi connectivity index (χ1) is 14.1. The molecule has 2 saturated heterocycles. The van der Waals surface area contributed by atoms with Crippen molar-refractivity contribution >= 4 is 17.7 Å². The van der Waals surface area contributed by atoms with Gasteiger partial charge in [-0.2, -0.15) is 0 Å². The fourth-order valence-electron chi connectivity index (χ4n) is 5.23. The smallest absolute Gasteiger partial charge is 0.407 e. The Morgan fingerprint density at radius 2 is 1.63 bits per heavy atom. The molecule has 166 valence electrons. The average Bonchev–Trinajstić information content (AvgIpc) is 2.71. The highest BCUT2D eigenvalue weighted by Gasteiger charge is 2.39. The van der Waals surface area contributed by atoms with E-state index in [2.05, 4.69) is 49.9 Å². The molecule has 30 heavy (non-hydrogen) atoms. The van der Waals surface area contributed by atoms with E-state index in [1.807, 2.05) is 0 Å². The molecule has 1 aromatic carbocycles. The molecule has 2 unspecified atom stereocenters. The molecule has 2 aliphatic heterocycles. The molecule has 0 aromatic heterocycles. The maximum atomic E-state index is 11.2. The highest BCUT2D eigenvalue weighted by Crippen LogP contribution is 2.42. The molecule has 6 nitrogen and oxygen atoms in total. The van der Waals surface area contributed by atoms with Gasteiger partial charge in [-0.1, -0.05) is 32.9 Å². The van der Waals surface area contributed by atoms with Gasteiger partial charge in [0.1, 0.15) is 0 Å². The molecule has 1 aromatic rings. The summed E-state index contributed by atoms with van der Waals surface area (Å²) in [5.74, 6) is 1.03. The molecule has 0 saturated carbocycles. The summed E-state index contributed by atoms with van der Waals surface area (Å²) < 4.78 is 0. The number of piperidine rings is 2. The third kappa shape index (κ3) is 5.46. The van der Waals surface area contributed by atoms with Crippen LogP contribution in [0.25, 0.3) is 0 Å². The standard InChI is InChI=1S/C24H37N3O3/c1-24(2,3)21-16-19(18-10-13-26(14-11-18)23(29)30)12-15-27(21)20-7-4-17(5-8-20)6-9-22(25)28/h4-5,7-8,18-19,21H,6,9-16H2,1-3H3,(H2,25,28)(H,29,30). The first-order valence-electron chi connectivity index (χ1n) is 11.3. The van der Waals surface area contributed by atoms with Gasteiger partial charge in [-0.15, -0.1) is 0 Å². The second kappa shape index (κ2) is 9.27. The van der Waals surface area contributed by atoms with Gasteiger partial charge in [-0.25, -0.2) is 4.79 Å². The number of likely N-dealkylation sites (tertiary alicyclic amines) is 1. The molecule has 2 amide bonds. The van der Waals surface area contributed by atoms with E-state index < -0.39 is 6.09 Å². The number of carbonyl (C=O) groups excluding carboxylic acids is 1. The van der Waals surface area contributed by atoms with E-state index in [9.17, 15) is 14.7 Å². The van der Waals surface area contributed by atoms with Gasteiger partial charge in [0.05, 0.1) is 0 Å². The molecule has 2 heterocycles. The number of anilines is 1. The van der Waals surface area contributed by atoms with Crippen LogP contribution in [0.3, 0.4) is 0 Å². The fraction of sp³-hybridized carbons (Fsp3) is 0.667. The number of benzene rings is 1. The van der Waals surface area contributed by atoms with Crippen LogP contribution in [0.15, 0.2) is 24.3 Å². The van der Waals surface area contributed by atoms with Crippen LogP contribution in [0.1, 0.15) is 58.4 Å². The van der Waals surface area contributed by atoms with Crippen molar-refractivity contribution in [2.45, 2.75) is 65.3 Å². The number of carbonyl (C=O) groups is 2. The lowest BCUT2D eigenvalue weighted by molar-refractivity contribution is -0.117. The fourth-order valence-corrected chi connectivity index (χ4v) is 5.23. The molecule has 3 N–H and O–H groups in total. The summed E-state index contributed by atoms with van der Waals surface area (Å²) in [5.41, 5.74) is 7.82. The van der Waals surface area contributed by atoms with E-state index in [1.165, 1.54) is 5.69 Å². The molecule has 2 aliphatic rings. The molecule has 0 radical (unpaired) electrons. The van der Waals surface area contributed by atoms with Crippen LogP contribution in [-0.2, 0) is 11.2 Å². The lowest BCUT2D eigenvalue weighted by atomic mass is 9.71. The van der Waals surface area contributed by atoms with Crippen molar-refractivity contribution in [2.24, 2.45) is 23.0 Å². The van der Waals surface area contributed by atoms with Crippen molar-refractivity contribution in [2.75, 3.05) is 24.5 Å². The molecule has 0 spiro atoms. The normalized spacial score (nSPS) is 23.4. The highest BCUT2D eigenvalue weighted by atomic mass is 16.4. The van der Waals surface area contributed by atoms with Gasteiger partial charge >= 0.3 is 6.09 Å². The minimum atomic E-state index is -0.782. The van der Waals surface area contributed by atoms with E-state index >= 15 is 0 Å². The Morgan fingerprint density at radius 1 is 1.03 bits per heavy atom. The monoisotopic (exact) mass is 415 g/mol. The summed E-state index contributed by atoms with van der Waals surface area (Å²) in [6.45, 7) is 9.34. The molecule has 6 heteroatoms. The third-order valence-corrected chi connectivity index (χ3v) is 7.05. The lowest BCUT2D eigenvalue weighted by Gasteiger charge is -2.49. The Bertz CT molecular complexity index is 733. The second-order valence-electron chi connectivity index (χ2n) is 10.1. The van der Waals surface area contributed by atoms with Crippen molar-refractivity contribution in [3.8, 4) is 0 Å². The second-order valence-corrected chi connectivity index (χ2v) is 10.1. The number of nitrogens with zero attached hydrogens (tertiary/aromatic N) is 2. The van der Waals surface area contributed by atoms with Crippen LogP contribution in [-0.4, -0.2) is 47.7 Å². The molecule has 2 atom stereocenters. The predicted molar refractivity (Wildman–Crippen MR) is 120 cm³/mol. The van der Waals surface area contributed by atoms with Crippen molar-refractivity contribution in [1.29, 1.82) is 0 Å². The number of aryl methyl sites for hydroxylation is 1. The van der Waals surface area contributed by atoms with Crippen molar-refractivity contribution in [3.63, 3.8) is 0 Å². The Morgan fingerprint density at radius 3 is 2.17 bits per heavy atom. The van der Waals surface area contributed by atoms with E-state index in [0.717, 1.165) is 37.8 Å². The highest BCUT2D eigenvalue weighted by molar-refractivity contribution is 5.74. The molecule has 0 aliphatic carbocycles. The van der Waals surface area contributed by atoms with Gasteiger partial charge in [-0.05, 0) is 67.1 Å². The molecule has 0 bridgehead atoms. The molecule has 2 fully saturated rings. The van der Waals surface area contributed by atoms with Gasteiger partial charge < -0.3 is 20.6 Å². The third-order valence-electron chi connectivity index (χ3n) is 7.05. The quantitative estimate of drug-likeness (QED) is 0.757. The first kappa shape index (κ1) is 22.4. The zero-order valence-corrected chi connectivity index (χ0v) is 18.6. The molecular formula is C24H37N3O3. The summed E-state index contributed by atoms with van der Waals surface area (Å²) in [6, 6.07) is 9.05. The van der Waals surface area contributed by atoms with Crippen LogP contribution in [0.2, 0.25) is 0 Å². The van der Waals surface area contributed by atoms with Crippen LogP contribution >= 0.6 is 0 Å². The predicted octanol–water partition coefficient (Wildman–Crippen LogP) is 4.13. The minimum absolute atomic E-state index is 0.158. The number of primary amides is 1. The van der Waals surface area contributed by atoms with Gasteiger partial charge in [0.25, 0.3) is 0 Å². The van der Waals surface area contributed by atoms with Gasteiger partial charge in [0.15, 0.2) is 0 Å². The number of nitrogens with two attached hydrogens (primary N) is 1. The Hall–Kier alpha value is -2.24. The maximum absolute atomic E-state index is 11.2. The summed E-state index contributed by atoms with van der Waals surface area (Å²) in [4.78, 5) is 26.4. The summed E-state index contributed by atoms with van der Waals surface area (Å²) in [7, 11) is 0. The Kier molecular flexibility index (Phi) is 6.94. The SMILES string of the molecule is CC(C)(C)C1CC(C2CCN(C(=O)O)CC2)CCN1c1ccc(CCC(N)=O)cc1.